The van der Waals surface area contributed by atoms with Gasteiger partial charge in [-0.2, -0.15) is 0 Å². The van der Waals surface area contributed by atoms with Crippen LogP contribution in [0, 0.1) is 5.92 Å². The summed E-state index contributed by atoms with van der Waals surface area (Å²) in [7, 11) is 0. The summed E-state index contributed by atoms with van der Waals surface area (Å²) in [5.74, 6) is -1.07. The first-order chi connectivity index (χ1) is 9.38. The molecule has 2 aliphatic heterocycles. The first-order valence-electron chi connectivity index (χ1n) is 7.32. The number of carbonyl (C=O) groups excluding carboxylic acids is 1. The topological polar surface area (TPSA) is 70.1 Å². The predicted molar refractivity (Wildman–Crippen MR) is 73.5 cm³/mol. The SMILES string of the molecule is CC1CC(C(=O)O)CCN1C(=O)N1C[C@@H](C)O[C@@H](C)C1. The smallest absolute Gasteiger partial charge is 0.320 e. The van der Waals surface area contributed by atoms with E-state index < -0.39 is 5.97 Å². The number of carbonyl (C=O) groups is 2. The van der Waals surface area contributed by atoms with Crippen LogP contribution in [0.1, 0.15) is 33.6 Å². The Morgan fingerprint density at radius 1 is 1.15 bits per heavy atom. The number of rotatable bonds is 1. The third kappa shape index (κ3) is 3.23. The van der Waals surface area contributed by atoms with E-state index in [0.717, 1.165) is 0 Å². The van der Waals surface area contributed by atoms with E-state index in [2.05, 4.69) is 0 Å². The summed E-state index contributed by atoms with van der Waals surface area (Å²) in [6.07, 6.45) is 1.18. The number of ether oxygens (including phenoxy) is 1. The Morgan fingerprint density at radius 3 is 2.25 bits per heavy atom. The van der Waals surface area contributed by atoms with Gasteiger partial charge in [0.1, 0.15) is 0 Å². The Morgan fingerprint density at radius 2 is 1.75 bits per heavy atom. The Kier molecular flexibility index (Phi) is 4.52. The van der Waals surface area contributed by atoms with Crippen molar-refractivity contribution in [2.45, 2.75) is 51.9 Å². The van der Waals surface area contributed by atoms with Gasteiger partial charge in [0.25, 0.3) is 0 Å². The fourth-order valence-electron chi connectivity index (χ4n) is 3.20. The molecule has 0 aliphatic carbocycles. The second kappa shape index (κ2) is 5.99. The fourth-order valence-corrected chi connectivity index (χ4v) is 3.20. The number of hydrogen-bond acceptors (Lipinski definition) is 3. The Bertz CT molecular complexity index is 377. The minimum atomic E-state index is -0.752. The van der Waals surface area contributed by atoms with Crippen LogP contribution in [0.5, 0.6) is 0 Å². The lowest BCUT2D eigenvalue weighted by molar-refractivity contribution is -0.143. The predicted octanol–water partition coefficient (Wildman–Crippen LogP) is 1.40. The van der Waals surface area contributed by atoms with Crippen molar-refractivity contribution in [3.8, 4) is 0 Å². The highest BCUT2D eigenvalue weighted by atomic mass is 16.5. The molecule has 4 atom stereocenters. The van der Waals surface area contributed by atoms with Crippen LogP contribution in [0.3, 0.4) is 0 Å². The van der Waals surface area contributed by atoms with E-state index in [4.69, 9.17) is 9.84 Å². The van der Waals surface area contributed by atoms with Gasteiger partial charge in [0.05, 0.1) is 18.1 Å². The maximum Gasteiger partial charge on any atom is 0.320 e. The van der Waals surface area contributed by atoms with Crippen molar-refractivity contribution in [3.05, 3.63) is 0 Å². The van der Waals surface area contributed by atoms with Gasteiger partial charge in [-0.3, -0.25) is 4.79 Å². The molecule has 6 heteroatoms. The van der Waals surface area contributed by atoms with Crippen LogP contribution in [0.25, 0.3) is 0 Å². The number of amides is 2. The third-order valence-electron chi connectivity index (χ3n) is 4.16. The van der Waals surface area contributed by atoms with Gasteiger partial charge in [0.15, 0.2) is 0 Å². The molecule has 2 rings (SSSR count). The van der Waals surface area contributed by atoms with Gasteiger partial charge in [-0.05, 0) is 33.6 Å². The Hall–Kier alpha value is -1.30. The maximum absolute atomic E-state index is 12.6. The lowest BCUT2D eigenvalue weighted by atomic mass is 9.92. The van der Waals surface area contributed by atoms with E-state index in [0.29, 0.717) is 32.5 Å². The zero-order chi connectivity index (χ0) is 14.9. The molecule has 0 bridgehead atoms. The highest BCUT2D eigenvalue weighted by Crippen LogP contribution is 2.25. The van der Waals surface area contributed by atoms with Crippen molar-refractivity contribution in [1.82, 2.24) is 9.80 Å². The molecule has 2 heterocycles. The van der Waals surface area contributed by atoms with Crippen LogP contribution in [0.4, 0.5) is 4.79 Å². The zero-order valence-electron chi connectivity index (χ0n) is 12.4. The average Bonchev–Trinajstić information content (AvgIpc) is 2.36. The largest absolute Gasteiger partial charge is 0.481 e. The quantitative estimate of drug-likeness (QED) is 0.790. The second-order valence-electron chi connectivity index (χ2n) is 6.05. The lowest BCUT2D eigenvalue weighted by Gasteiger charge is -2.42. The third-order valence-corrected chi connectivity index (χ3v) is 4.16. The van der Waals surface area contributed by atoms with Crippen LogP contribution < -0.4 is 0 Å². The normalized spacial score (nSPS) is 35.0. The molecule has 114 valence electrons. The van der Waals surface area contributed by atoms with Gasteiger partial charge in [-0.15, -0.1) is 0 Å². The maximum atomic E-state index is 12.6. The number of carboxylic acids is 1. The molecular formula is C14H24N2O4. The number of likely N-dealkylation sites (tertiary alicyclic amines) is 1. The Labute approximate surface area is 119 Å². The van der Waals surface area contributed by atoms with E-state index in [1.54, 1.807) is 0 Å². The van der Waals surface area contributed by atoms with Crippen molar-refractivity contribution >= 4 is 12.0 Å². The van der Waals surface area contributed by atoms with Gasteiger partial charge in [-0.1, -0.05) is 0 Å². The molecule has 0 saturated carbocycles. The summed E-state index contributed by atoms with van der Waals surface area (Å²) < 4.78 is 5.64. The van der Waals surface area contributed by atoms with Gasteiger partial charge in [0, 0.05) is 25.7 Å². The molecule has 2 amide bonds. The number of morpholine rings is 1. The lowest BCUT2D eigenvalue weighted by Crippen LogP contribution is -2.56. The number of hydrogen-bond donors (Lipinski definition) is 1. The summed E-state index contributed by atoms with van der Waals surface area (Å²) in [6.45, 7) is 7.60. The van der Waals surface area contributed by atoms with Gasteiger partial charge in [-0.25, -0.2) is 4.79 Å². The van der Waals surface area contributed by atoms with Crippen LogP contribution in [-0.2, 0) is 9.53 Å². The van der Waals surface area contributed by atoms with Gasteiger partial charge < -0.3 is 19.6 Å². The fraction of sp³-hybridized carbons (Fsp3) is 0.857. The minimum absolute atomic E-state index is 0.0170. The van der Waals surface area contributed by atoms with Crippen molar-refractivity contribution in [1.29, 1.82) is 0 Å². The van der Waals surface area contributed by atoms with Crippen molar-refractivity contribution in [3.63, 3.8) is 0 Å². The molecule has 0 radical (unpaired) electrons. The number of urea groups is 1. The minimum Gasteiger partial charge on any atom is -0.481 e. The molecule has 0 aromatic heterocycles. The number of carboxylic acid groups (broad SMARTS) is 1. The summed E-state index contributed by atoms with van der Waals surface area (Å²) in [5.41, 5.74) is 0. The molecule has 6 nitrogen and oxygen atoms in total. The van der Waals surface area contributed by atoms with E-state index in [1.165, 1.54) is 0 Å². The molecule has 0 aromatic carbocycles. The molecule has 2 aliphatic rings. The molecule has 2 fully saturated rings. The summed E-state index contributed by atoms with van der Waals surface area (Å²) in [6, 6.07) is -0.00542. The first kappa shape index (κ1) is 15.1. The summed E-state index contributed by atoms with van der Waals surface area (Å²) in [5, 5.41) is 9.07. The van der Waals surface area contributed by atoms with E-state index in [-0.39, 0.29) is 30.2 Å². The van der Waals surface area contributed by atoms with Crippen molar-refractivity contribution < 1.29 is 19.4 Å². The Balaban J connectivity index is 1.97. The molecule has 20 heavy (non-hydrogen) atoms. The molecular weight excluding hydrogens is 260 g/mol. The molecule has 2 unspecified atom stereocenters. The summed E-state index contributed by atoms with van der Waals surface area (Å²) in [4.78, 5) is 27.3. The van der Waals surface area contributed by atoms with Crippen LogP contribution >= 0.6 is 0 Å². The zero-order valence-corrected chi connectivity index (χ0v) is 12.4. The van der Waals surface area contributed by atoms with Crippen molar-refractivity contribution in [2.24, 2.45) is 5.92 Å². The van der Waals surface area contributed by atoms with E-state index in [9.17, 15) is 9.59 Å². The number of nitrogens with zero attached hydrogens (tertiary/aromatic N) is 2. The van der Waals surface area contributed by atoms with Crippen LogP contribution in [-0.4, -0.2) is 64.8 Å². The van der Waals surface area contributed by atoms with E-state index in [1.807, 2.05) is 30.6 Å². The molecule has 1 N–H and O–H groups in total. The first-order valence-corrected chi connectivity index (χ1v) is 7.32. The van der Waals surface area contributed by atoms with Gasteiger partial charge in [0.2, 0.25) is 0 Å². The average molecular weight is 284 g/mol. The standard InChI is InChI=1S/C14H24N2O4/c1-9-6-12(13(17)18)4-5-16(9)14(19)15-7-10(2)20-11(3)8-15/h9-12H,4-8H2,1-3H3,(H,17,18)/t9?,10-,11+,12?. The summed E-state index contributed by atoms with van der Waals surface area (Å²) >= 11 is 0. The number of piperidine rings is 1. The molecule has 2 saturated heterocycles. The number of aliphatic carboxylic acids is 1. The second-order valence-corrected chi connectivity index (χ2v) is 6.05. The monoisotopic (exact) mass is 284 g/mol. The molecule has 0 spiro atoms. The van der Waals surface area contributed by atoms with Crippen LogP contribution in [0.15, 0.2) is 0 Å². The highest BCUT2D eigenvalue weighted by Gasteiger charge is 2.36. The highest BCUT2D eigenvalue weighted by molar-refractivity contribution is 5.76. The van der Waals surface area contributed by atoms with Crippen molar-refractivity contribution in [2.75, 3.05) is 19.6 Å². The molecule has 0 aromatic rings. The van der Waals surface area contributed by atoms with E-state index >= 15 is 0 Å². The van der Waals surface area contributed by atoms with Gasteiger partial charge >= 0.3 is 12.0 Å². The van der Waals surface area contributed by atoms with Crippen LogP contribution in [0.2, 0.25) is 0 Å².